The molecule has 2 heterocycles. The molecule has 4 heteroatoms. The Morgan fingerprint density at radius 2 is 2.25 bits per heavy atom. The van der Waals surface area contributed by atoms with Crippen molar-refractivity contribution in [2.75, 3.05) is 0 Å². The van der Waals surface area contributed by atoms with Gasteiger partial charge in [-0.15, -0.1) is 0 Å². The third-order valence-corrected chi connectivity index (χ3v) is 2.23. The molecule has 0 saturated heterocycles. The van der Waals surface area contributed by atoms with Crippen LogP contribution in [-0.4, -0.2) is 15.5 Å². The zero-order valence-corrected chi connectivity index (χ0v) is 9.87. The molecular formula is C12H17N3O. The van der Waals surface area contributed by atoms with Crippen molar-refractivity contribution in [1.29, 1.82) is 0 Å². The van der Waals surface area contributed by atoms with Gasteiger partial charge < -0.3 is 14.7 Å². The van der Waals surface area contributed by atoms with Crippen LogP contribution in [0.25, 0.3) is 11.4 Å². The van der Waals surface area contributed by atoms with Crippen LogP contribution in [0.5, 0.6) is 0 Å². The van der Waals surface area contributed by atoms with Crippen molar-refractivity contribution >= 4 is 0 Å². The van der Waals surface area contributed by atoms with Crippen LogP contribution in [-0.2, 0) is 6.54 Å². The summed E-state index contributed by atoms with van der Waals surface area (Å²) in [4.78, 5) is 7.56. The molecule has 0 bridgehead atoms. The second kappa shape index (κ2) is 4.14. The first kappa shape index (κ1) is 11.0. The van der Waals surface area contributed by atoms with Crippen LogP contribution in [0.1, 0.15) is 26.5 Å². The molecule has 2 aromatic rings. The summed E-state index contributed by atoms with van der Waals surface area (Å²) in [5, 5.41) is 3.40. The molecule has 0 amide bonds. The standard InChI is InChI=1S/C12H17N3O/c1-12(2,3)14-7-10-6-13-11(15-10)9-4-5-16-8-9/h4-6,8,14H,7H2,1-3H3,(H,13,15). The Morgan fingerprint density at radius 1 is 1.44 bits per heavy atom. The van der Waals surface area contributed by atoms with E-state index in [0.29, 0.717) is 0 Å². The smallest absolute Gasteiger partial charge is 0.140 e. The van der Waals surface area contributed by atoms with E-state index in [1.165, 1.54) is 0 Å². The lowest BCUT2D eigenvalue weighted by Gasteiger charge is -2.19. The summed E-state index contributed by atoms with van der Waals surface area (Å²) in [5.74, 6) is 0.847. The van der Waals surface area contributed by atoms with E-state index in [4.69, 9.17) is 4.42 Å². The lowest BCUT2D eigenvalue weighted by atomic mass is 10.1. The van der Waals surface area contributed by atoms with E-state index in [1.807, 2.05) is 12.3 Å². The van der Waals surface area contributed by atoms with Crippen molar-refractivity contribution in [3.8, 4) is 11.4 Å². The molecule has 0 aromatic carbocycles. The van der Waals surface area contributed by atoms with E-state index in [-0.39, 0.29) is 5.54 Å². The normalized spacial score (nSPS) is 11.9. The number of nitrogens with one attached hydrogen (secondary N) is 2. The van der Waals surface area contributed by atoms with Crippen molar-refractivity contribution in [2.24, 2.45) is 0 Å². The van der Waals surface area contributed by atoms with Gasteiger partial charge in [-0.3, -0.25) is 0 Å². The van der Waals surface area contributed by atoms with Gasteiger partial charge in [0.15, 0.2) is 0 Å². The van der Waals surface area contributed by atoms with Crippen LogP contribution >= 0.6 is 0 Å². The van der Waals surface area contributed by atoms with Gasteiger partial charge in [0.05, 0.1) is 11.8 Å². The Hall–Kier alpha value is -1.55. The number of hydrogen-bond acceptors (Lipinski definition) is 3. The van der Waals surface area contributed by atoms with Gasteiger partial charge in [-0.25, -0.2) is 4.98 Å². The fraction of sp³-hybridized carbons (Fsp3) is 0.417. The Morgan fingerprint density at radius 3 is 2.88 bits per heavy atom. The quantitative estimate of drug-likeness (QED) is 0.834. The summed E-state index contributed by atoms with van der Waals surface area (Å²) in [6.07, 6.45) is 5.17. The lowest BCUT2D eigenvalue weighted by molar-refractivity contribution is 0.422. The van der Waals surface area contributed by atoms with Crippen LogP contribution in [0, 0.1) is 0 Å². The Balaban J connectivity index is 2.03. The van der Waals surface area contributed by atoms with Gasteiger partial charge in [-0.05, 0) is 26.8 Å². The highest BCUT2D eigenvalue weighted by atomic mass is 16.3. The molecule has 0 spiro atoms. The number of aromatic nitrogens is 2. The minimum Gasteiger partial charge on any atom is -0.472 e. The van der Waals surface area contributed by atoms with Crippen molar-refractivity contribution in [1.82, 2.24) is 15.3 Å². The fourth-order valence-corrected chi connectivity index (χ4v) is 1.36. The van der Waals surface area contributed by atoms with Crippen LogP contribution < -0.4 is 5.32 Å². The first-order chi connectivity index (χ1) is 7.54. The number of hydrogen-bond donors (Lipinski definition) is 2. The predicted molar refractivity (Wildman–Crippen MR) is 62.9 cm³/mol. The number of H-pyrrole nitrogens is 1. The maximum absolute atomic E-state index is 5.02. The highest BCUT2D eigenvalue weighted by Gasteiger charge is 2.10. The molecule has 0 unspecified atom stereocenters. The highest BCUT2D eigenvalue weighted by molar-refractivity contribution is 5.52. The molecule has 0 aliphatic carbocycles. The summed E-state index contributed by atoms with van der Waals surface area (Å²) in [6, 6.07) is 1.89. The number of imidazole rings is 1. The van der Waals surface area contributed by atoms with Crippen LogP contribution in [0.15, 0.2) is 29.2 Å². The van der Waals surface area contributed by atoms with Gasteiger partial charge in [-0.1, -0.05) is 0 Å². The summed E-state index contributed by atoms with van der Waals surface area (Å²) in [6.45, 7) is 7.20. The zero-order chi connectivity index (χ0) is 11.6. The molecule has 0 saturated carbocycles. The zero-order valence-electron chi connectivity index (χ0n) is 9.87. The molecule has 4 nitrogen and oxygen atoms in total. The molecule has 0 atom stereocenters. The average molecular weight is 219 g/mol. The maximum atomic E-state index is 5.02. The van der Waals surface area contributed by atoms with Crippen LogP contribution in [0.2, 0.25) is 0 Å². The van der Waals surface area contributed by atoms with E-state index < -0.39 is 0 Å². The lowest BCUT2D eigenvalue weighted by Crippen LogP contribution is -2.35. The molecule has 0 radical (unpaired) electrons. The molecule has 2 aromatic heterocycles. The molecule has 2 rings (SSSR count). The summed E-state index contributed by atoms with van der Waals surface area (Å²) >= 11 is 0. The molecular weight excluding hydrogens is 202 g/mol. The largest absolute Gasteiger partial charge is 0.472 e. The molecule has 0 aliphatic heterocycles. The first-order valence-electron chi connectivity index (χ1n) is 5.36. The second-order valence-corrected chi connectivity index (χ2v) is 4.87. The molecule has 2 N–H and O–H groups in total. The molecule has 16 heavy (non-hydrogen) atoms. The Kier molecular flexibility index (Phi) is 2.83. The summed E-state index contributed by atoms with van der Waals surface area (Å²) in [7, 11) is 0. The third-order valence-electron chi connectivity index (χ3n) is 2.23. The van der Waals surface area contributed by atoms with Gasteiger partial charge >= 0.3 is 0 Å². The second-order valence-electron chi connectivity index (χ2n) is 4.87. The fourth-order valence-electron chi connectivity index (χ4n) is 1.36. The topological polar surface area (TPSA) is 53.9 Å². The Bertz CT molecular complexity index is 437. The van der Waals surface area contributed by atoms with E-state index in [0.717, 1.165) is 23.6 Å². The minimum atomic E-state index is 0.112. The van der Waals surface area contributed by atoms with E-state index in [2.05, 4.69) is 36.1 Å². The number of aromatic amines is 1. The van der Waals surface area contributed by atoms with Crippen LogP contribution in [0.4, 0.5) is 0 Å². The predicted octanol–water partition coefficient (Wildman–Crippen LogP) is 2.56. The van der Waals surface area contributed by atoms with Gasteiger partial charge in [0.2, 0.25) is 0 Å². The average Bonchev–Trinajstić information content (AvgIpc) is 2.84. The third kappa shape index (κ3) is 2.73. The SMILES string of the molecule is CC(C)(C)NCc1cnc(-c2ccoc2)[nH]1. The van der Waals surface area contributed by atoms with Crippen molar-refractivity contribution in [3.05, 3.63) is 30.5 Å². The summed E-state index contributed by atoms with van der Waals surface area (Å²) < 4.78 is 5.02. The van der Waals surface area contributed by atoms with E-state index in [9.17, 15) is 0 Å². The van der Waals surface area contributed by atoms with Crippen molar-refractivity contribution < 1.29 is 4.42 Å². The number of nitrogens with zero attached hydrogens (tertiary/aromatic N) is 1. The summed E-state index contributed by atoms with van der Waals surface area (Å²) in [5.41, 5.74) is 2.16. The van der Waals surface area contributed by atoms with E-state index >= 15 is 0 Å². The number of furan rings is 1. The van der Waals surface area contributed by atoms with Gasteiger partial charge in [0.1, 0.15) is 12.1 Å². The van der Waals surface area contributed by atoms with E-state index in [1.54, 1.807) is 12.5 Å². The first-order valence-corrected chi connectivity index (χ1v) is 5.36. The van der Waals surface area contributed by atoms with Gasteiger partial charge in [0, 0.05) is 24.0 Å². The van der Waals surface area contributed by atoms with Crippen molar-refractivity contribution in [2.45, 2.75) is 32.9 Å². The highest BCUT2D eigenvalue weighted by Crippen LogP contribution is 2.15. The van der Waals surface area contributed by atoms with Gasteiger partial charge in [-0.2, -0.15) is 0 Å². The number of rotatable bonds is 3. The molecule has 0 fully saturated rings. The van der Waals surface area contributed by atoms with Crippen LogP contribution in [0.3, 0.4) is 0 Å². The molecule has 0 aliphatic rings. The molecule has 86 valence electrons. The van der Waals surface area contributed by atoms with Gasteiger partial charge in [0.25, 0.3) is 0 Å². The van der Waals surface area contributed by atoms with Crippen molar-refractivity contribution in [3.63, 3.8) is 0 Å². The maximum Gasteiger partial charge on any atom is 0.140 e. The minimum absolute atomic E-state index is 0.112. The Labute approximate surface area is 95.1 Å². The monoisotopic (exact) mass is 219 g/mol.